The molecule has 0 saturated carbocycles. The largest absolute Gasteiger partial charge is 0.353 e. The van der Waals surface area contributed by atoms with Gasteiger partial charge in [0.1, 0.15) is 0 Å². The van der Waals surface area contributed by atoms with Crippen LogP contribution in [0.2, 0.25) is 5.28 Å². The average molecular weight is 257 g/mol. The lowest BCUT2D eigenvalue weighted by Gasteiger charge is -2.24. The van der Waals surface area contributed by atoms with Crippen LogP contribution in [0, 0.1) is 23.1 Å². The summed E-state index contributed by atoms with van der Waals surface area (Å²) in [6.07, 6.45) is 1.36. The smallest absolute Gasteiger partial charge is 0.224 e. The summed E-state index contributed by atoms with van der Waals surface area (Å²) in [5, 5.41) is 8.60. The van der Waals surface area contributed by atoms with E-state index in [1.54, 1.807) is 4.90 Å². The summed E-state index contributed by atoms with van der Waals surface area (Å²) in [7, 11) is 0. The molecule has 0 unspecified atom stereocenters. The Morgan fingerprint density at radius 2 is 2.29 bits per heavy atom. The highest BCUT2D eigenvalue weighted by molar-refractivity contribution is 6.28. The van der Waals surface area contributed by atoms with E-state index in [9.17, 15) is 4.39 Å². The zero-order chi connectivity index (χ0) is 12.8. The molecule has 0 aromatic carbocycles. The van der Waals surface area contributed by atoms with Crippen molar-refractivity contribution in [2.75, 3.05) is 18.0 Å². The molecule has 4 nitrogen and oxygen atoms in total. The van der Waals surface area contributed by atoms with Crippen molar-refractivity contribution in [1.29, 1.82) is 5.26 Å². The minimum absolute atomic E-state index is 0.00659. The Balaban J connectivity index is 2.94. The molecule has 92 valence electrons. The number of hydrogen-bond acceptors (Lipinski definition) is 4. The van der Waals surface area contributed by atoms with Gasteiger partial charge in [-0.1, -0.05) is 13.8 Å². The van der Waals surface area contributed by atoms with Gasteiger partial charge in [0.05, 0.1) is 18.7 Å². The summed E-state index contributed by atoms with van der Waals surface area (Å²) in [4.78, 5) is 9.16. The first-order chi connectivity index (χ1) is 8.04. The second-order valence-electron chi connectivity index (χ2n) is 4.06. The van der Waals surface area contributed by atoms with Gasteiger partial charge in [-0.05, 0) is 17.5 Å². The molecular formula is C11H14ClFN4. The predicted molar refractivity (Wildman–Crippen MR) is 64.3 cm³/mol. The topological polar surface area (TPSA) is 52.8 Å². The fraction of sp³-hybridized carbons (Fsp3) is 0.545. The SMILES string of the molecule is CC(C)CN(CCC#N)c1nc(Cl)ncc1F. The van der Waals surface area contributed by atoms with Gasteiger partial charge in [0, 0.05) is 13.1 Å². The standard InChI is InChI=1S/C11H14ClFN4/c1-8(2)7-17(5-3-4-14)10-9(13)6-15-11(12)16-10/h6,8H,3,5,7H2,1-2H3. The van der Waals surface area contributed by atoms with Crippen LogP contribution in [0.25, 0.3) is 0 Å². The molecule has 0 aliphatic heterocycles. The van der Waals surface area contributed by atoms with Gasteiger partial charge in [0.25, 0.3) is 0 Å². The Labute approximate surface area is 105 Å². The van der Waals surface area contributed by atoms with Crippen molar-refractivity contribution in [2.45, 2.75) is 20.3 Å². The third kappa shape index (κ3) is 4.16. The van der Waals surface area contributed by atoms with Crippen molar-refractivity contribution in [3.8, 4) is 6.07 Å². The number of anilines is 1. The van der Waals surface area contributed by atoms with Crippen LogP contribution in [-0.4, -0.2) is 23.1 Å². The molecule has 0 saturated heterocycles. The molecule has 0 fully saturated rings. The van der Waals surface area contributed by atoms with Crippen LogP contribution in [0.3, 0.4) is 0 Å². The molecule has 0 N–H and O–H groups in total. The number of hydrogen-bond donors (Lipinski definition) is 0. The lowest BCUT2D eigenvalue weighted by molar-refractivity contribution is 0.569. The molecule has 1 aromatic heterocycles. The molecule has 17 heavy (non-hydrogen) atoms. The molecule has 1 heterocycles. The van der Waals surface area contributed by atoms with Gasteiger partial charge >= 0.3 is 0 Å². The molecule has 0 radical (unpaired) electrons. The van der Waals surface area contributed by atoms with Crippen LogP contribution in [0.15, 0.2) is 6.20 Å². The summed E-state index contributed by atoms with van der Waals surface area (Å²) >= 11 is 5.65. The zero-order valence-corrected chi connectivity index (χ0v) is 10.6. The highest BCUT2D eigenvalue weighted by atomic mass is 35.5. The van der Waals surface area contributed by atoms with Crippen LogP contribution in [-0.2, 0) is 0 Å². The second kappa shape index (κ2) is 6.36. The zero-order valence-electron chi connectivity index (χ0n) is 9.82. The van der Waals surface area contributed by atoms with Crippen LogP contribution in [0.5, 0.6) is 0 Å². The fourth-order valence-electron chi connectivity index (χ4n) is 1.47. The summed E-state index contributed by atoms with van der Waals surface area (Å²) in [6.45, 7) is 5.07. The van der Waals surface area contributed by atoms with Gasteiger partial charge in [-0.15, -0.1) is 0 Å². The van der Waals surface area contributed by atoms with E-state index in [1.165, 1.54) is 0 Å². The molecule has 0 atom stereocenters. The van der Waals surface area contributed by atoms with Crippen LogP contribution in [0.4, 0.5) is 10.2 Å². The van der Waals surface area contributed by atoms with Crippen molar-refractivity contribution < 1.29 is 4.39 Å². The molecule has 0 amide bonds. The van der Waals surface area contributed by atoms with E-state index in [0.717, 1.165) is 6.20 Å². The van der Waals surface area contributed by atoms with E-state index in [1.807, 2.05) is 19.9 Å². The maximum Gasteiger partial charge on any atom is 0.224 e. The van der Waals surface area contributed by atoms with E-state index >= 15 is 0 Å². The first kappa shape index (κ1) is 13.7. The van der Waals surface area contributed by atoms with Crippen LogP contribution in [0.1, 0.15) is 20.3 Å². The maximum absolute atomic E-state index is 13.6. The first-order valence-corrected chi connectivity index (χ1v) is 5.72. The van der Waals surface area contributed by atoms with Gasteiger partial charge in [-0.2, -0.15) is 10.2 Å². The Morgan fingerprint density at radius 3 is 2.88 bits per heavy atom. The van der Waals surface area contributed by atoms with E-state index in [4.69, 9.17) is 16.9 Å². The van der Waals surface area contributed by atoms with E-state index in [-0.39, 0.29) is 11.1 Å². The van der Waals surface area contributed by atoms with Crippen molar-refractivity contribution in [2.24, 2.45) is 5.92 Å². The average Bonchev–Trinajstić information content (AvgIpc) is 2.27. The normalized spacial score (nSPS) is 10.4. The minimum Gasteiger partial charge on any atom is -0.353 e. The number of aromatic nitrogens is 2. The van der Waals surface area contributed by atoms with Gasteiger partial charge in [0.2, 0.25) is 5.28 Å². The van der Waals surface area contributed by atoms with Crippen molar-refractivity contribution in [3.63, 3.8) is 0 Å². The van der Waals surface area contributed by atoms with Crippen molar-refractivity contribution >= 4 is 17.4 Å². The van der Waals surface area contributed by atoms with Crippen LogP contribution >= 0.6 is 11.6 Å². The number of nitriles is 1. The molecule has 0 aliphatic rings. The molecule has 1 rings (SSSR count). The van der Waals surface area contributed by atoms with Gasteiger partial charge < -0.3 is 4.90 Å². The first-order valence-electron chi connectivity index (χ1n) is 5.34. The highest BCUT2D eigenvalue weighted by Gasteiger charge is 2.15. The Bertz CT molecular complexity index is 416. The van der Waals surface area contributed by atoms with Crippen molar-refractivity contribution in [3.05, 3.63) is 17.3 Å². The maximum atomic E-state index is 13.6. The Hall–Kier alpha value is -1.41. The van der Waals surface area contributed by atoms with Gasteiger partial charge in [-0.3, -0.25) is 0 Å². The lowest BCUT2D eigenvalue weighted by Crippen LogP contribution is -2.30. The number of halogens is 2. The minimum atomic E-state index is -0.520. The van der Waals surface area contributed by atoms with E-state index in [0.29, 0.717) is 25.4 Å². The fourth-order valence-corrected chi connectivity index (χ4v) is 1.60. The quantitative estimate of drug-likeness (QED) is 0.760. The summed E-state index contributed by atoms with van der Waals surface area (Å²) in [5.41, 5.74) is 0. The summed E-state index contributed by atoms with van der Waals surface area (Å²) in [6, 6.07) is 2.03. The summed E-state index contributed by atoms with van der Waals surface area (Å²) < 4.78 is 13.6. The van der Waals surface area contributed by atoms with E-state index in [2.05, 4.69) is 9.97 Å². The van der Waals surface area contributed by atoms with Gasteiger partial charge in [-0.25, -0.2) is 9.37 Å². The monoisotopic (exact) mass is 256 g/mol. The third-order valence-corrected chi connectivity index (χ3v) is 2.26. The second-order valence-corrected chi connectivity index (χ2v) is 4.40. The number of nitrogens with zero attached hydrogens (tertiary/aromatic N) is 4. The van der Waals surface area contributed by atoms with Crippen LogP contribution < -0.4 is 4.90 Å². The predicted octanol–water partition coefficient (Wildman–Crippen LogP) is 2.65. The molecule has 6 heteroatoms. The molecular weight excluding hydrogens is 243 g/mol. The highest BCUT2D eigenvalue weighted by Crippen LogP contribution is 2.18. The molecule has 0 spiro atoms. The van der Waals surface area contributed by atoms with Gasteiger partial charge in [0.15, 0.2) is 11.6 Å². The summed E-state index contributed by atoms with van der Waals surface area (Å²) in [5.74, 6) is -0.0243. The lowest BCUT2D eigenvalue weighted by atomic mass is 10.2. The molecule has 1 aromatic rings. The van der Waals surface area contributed by atoms with Crippen molar-refractivity contribution in [1.82, 2.24) is 9.97 Å². The third-order valence-electron chi connectivity index (χ3n) is 2.07. The molecule has 0 bridgehead atoms. The number of rotatable bonds is 5. The van der Waals surface area contributed by atoms with E-state index < -0.39 is 5.82 Å². The Morgan fingerprint density at radius 1 is 1.59 bits per heavy atom. The Kier molecular flexibility index (Phi) is 5.11. The molecule has 0 aliphatic carbocycles.